The second-order valence-corrected chi connectivity index (χ2v) is 8.03. The van der Waals surface area contributed by atoms with E-state index in [1.807, 2.05) is 13.8 Å². The summed E-state index contributed by atoms with van der Waals surface area (Å²) in [5.74, 6) is 5.36. The van der Waals surface area contributed by atoms with Crippen molar-refractivity contribution in [2.75, 3.05) is 56.9 Å². The van der Waals surface area contributed by atoms with Crippen LogP contribution in [0.15, 0.2) is 0 Å². The van der Waals surface area contributed by atoms with Gasteiger partial charge in [0.1, 0.15) is 0 Å². The van der Waals surface area contributed by atoms with Crippen molar-refractivity contribution < 1.29 is 37.9 Å². The van der Waals surface area contributed by atoms with Crippen LogP contribution in [0.5, 0.6) is 46.0 Å². The van der Waals surface area contributed by atoms with Crippen molar-refractivity contribution in [1.82, 2.24) is 0 Å². The van der Waals surface area contributed by atoms with Gasteiger partial charge in [0.15, 0.2) is 46.0 Å². The van der Waals surface area contributed by atoms with Crippen LogP contribution in [0.3, 0.4) is 0 Å². The Bertz CT molecular complexity index is 854. The highest BCUT2D eigenvalue weighted by molar-refractivity contribution is 5.67. The lowest BCUT2D eigenvalue weighted by Gasteiger charge is -2.22. The number of benzene rings is 2. The first-order chi connectivity index (χ1) is 16.9. The maximum absolute atomic E-state index is 5.72. The Balaban J connectivity index is 2.27. The Kier molecular flexibility index (Phi) is 10.5. The molecule has 0 saturated carbocycles. The summed E-state index contributed by atoms with van der Waals surface area (Å²) in [5.41, 5.74) is 3.55. The molecule has 0 amide bonds. The van der Waals surface area contributed by atoms with Gasteiger partial charge in [0.2, 0.25) is 0 Å². The van der Waals surface area contributed by atoms with Gasteiger partial charge >= 0.3 is 0 Å². The summed E-state index contributed by atoms with van der Waals surface area (Å²) in [6.07, 6.45) is 4.26. The number of unbranched alkanes of at least 4 members (excludes halogenated alkanes) is 2. The number of ether oxygens (including phenoxy) is 8. The lowest BCUT2D eigenvalue weighted by molar-refractivity contribution is 0.318. The summed E-state index contributed by atoms with van der Waals surface area (Å²) < 4.78 is 45.4. The first kappa shape index (κ1) is 28.1. The van der Waals surface area contributed by atoms with Gasteiger partial charge in [0.05, 0.1) is 56.9 Å². The van der Waals surface area contributed by atoms with Gasteiger partial charge in [-0.15, -0.1) is 0 Å². The molecule has 0 spiro atoms. The molecule has 0 N–H and O–H groups in total. The van der Waals surface area contributed by atoms with Gasteiger partial charge in [-0.25, -0.2) is 0 Å². The SMILES string of the molecule is COc1c(C)c(OC)c(OC)c(CCCCCc2c(OC)c(OC)c(C)c(OC)c2OC)c1OC. The number of hydrogen-bond donors (Lipinski definition) is 0. The van der Waals surface area contributed by atoms with Crippen LogP contribution in [0.4, 0.5) is 0 Å². The van der Waals surface area contributed by atoms with Gasteiger partial charge in [0, 0.05) is 22.3 Å². The average molecular weight is 493 g/mol. The molecule has 0 aliphatic heterocycles. The molecule has 0 aliphatic rings. The van der Waals surface area contributed by atoms with E-state index in [9.17, 15) is 0 Å². The molecule has 2 rings (SSSR count). The molecule has 8 nitrogen and oxygen atoms in total. The molecule has 0 saturated heterocycles. The van der Waals surface area contributed by atoms with Crippen LogP contribution in [0.1, 0.15) is 41.5 Å². The average Bonchev–Trinajstić information content (AvgIpc) is 2.87. The lowest BCUT2D eigenvalue weighted by atomic mass is 9.97. The van der Waals surface area contributed by atoms with Crippen molar-refractivity contribution in [3.8, 4) is 46.0 Å². The summed E-state index contributed by atoms with van der Waals surface area (Å²) in [6.45, 7) is 3.86. The summed E-state index contributed by atoms with van der Waals surface area (Å²) in [5, 5.41) is 0. The van der Waals surface area contributed by atoms with Crippen molar-refractivity contribution >= 4 is 0 Å². The minimum Gasteiger partial charge on any atom is -0.492 e. The van der Waals surface area contributed by atoms with Gasteiger partial charge in [0.25, 0.3) is 0 Å². The fraction of sp³-hybridized carbons (Fsp3) is 0.556. The van der Waals surface area contributed by atoms with Crippen molar-refractivity contribution in [1.29, 1.82) is 0 Å². The third-order valence-corrected chi connectivity index (χ3v) is 6.27. The van der Waals surface area contributed by atoms with E-state index >= 15 is 0 Å². The second kappa shape index (κ2) is 13.1. The Morgan fingerprint density at radius 3 is 0.771 bits per heavy atom. The summed E-state index contributed by atoms with van der Waals surface area (Å²) in [6, 6.07) is 0. The molecule has 8 heteroatoms. The van der Waals surface area contributed by atoms with E-state index in [0.29, 0.717) is 46.0 Å². The molecular weight excluding hydrogens is 452 g/mol. The van der Waals surface area contributed by atoms with Crippen molar-refractivity contribution in [2.45, 2.75) is 46.0 Å². The molecule has 196 valence electrons. The van der Waals surface area contributed by atoms with Gasteiger partial charge in [-0.2, -0.15) is 0 Å². The van der Waals surface area contributed by atoms with Gasteiger partial charge in [-0.3, -0.25) is 0 Å². The molecule has 0 unspecified atom stereocenters. The minimum atomic E-state index is 0.661. The highest BCUT2D eigenvalue weighted by Crippen LogP contribution is 2.50. The monoisotopic (exact) mass is 492 g/mol. The van der Waals surface area contributed by atoms with Crippen LogP contribution in [-0.4, -0.2) is 56.9 Å². The second-order valence-electron chi connectivity index (χ2n) is 8.03. The molecule has 0 aliphatic carbocycles. The van der Waals surface area contributed by atoms with Gasteiger partial charge in [-0.05, 0) is 39.5 Å². The zero-order valence-corrected chi connectivity index (χ0v) is 22.8. The van der Waals surface area contributed by atoms with E-state index in [0.717, 1.165) is 54.4 Å². The normalized spacial score (nSPS) is 10.6. The van der Waals surface area contributed by atoms with Crippen LogP contribution >= 0.6 is 0 Å². The van der Waals surface area contributed by atoms with Crippen LogP contribution < -0.4 is 37.9 Å². The molecule has 0 atom stereocenters. The lowest BCUT2D eigenvalue weighted by Crippen LogP contribution is -2.06. The Labute approximate surface area is 209 Å². The summed E-state index contributed by atoms with van der Waals surface area (Å²) in [4.78, 5) is 0. The molecule has 35 heavy (non-hydrogen) atoms. The fourth-order valence-electron chi connectivity index (χ4n) is 4.72. The largest absolute Gasteiger partial charge is 0.492 e. The molecule has 0 fully saturated rings. The molecular formula is C27H40O8. The van der Waals surface area contributed by atoms with Crippen LogP contribution in [0.25, 0.3) is 0 Å². The predicted octanol–water partition coefficient (Wildman–Crippen LogP) is 5.33. The highest BCUT2D eigenvalue weighted by atomic mass is 16.5. The van der Waals surface area contributed by atoms with E-state index < -0.39 is 0 Å². The quantitative estimate of drug-likeness (QED) is 0.328. The molecule has 2 aromatic rings. The first-order valence-corrected chi connectivity index (χ1v) is 11.6. The Morgan fingerprint density at radius 1 is 0.343 bits per heavy atom. The van der Waals surface area contributed by atoms with Gasteiger partial charge < -0.3 is 37.9 Å². The third-order valence-electron chi connectivity index (χ3n) is 6.27. The molecule has 2 aromatic carbocycles. The fourth-order valence-corrected chi connectivity index (χ4v) is 4.72. The molecule has 0 heterocycles. The van der Waals surface area contributed by atoms with E-state index in [2.05, 4.69) is 0 Å². The molecule has 0 radical (unpaired) electrons. The minimum absolute atomic E-state index is 0.661. The maximum Gasteiger partial charge on any atom is 0.168 e. The van der Waals surface area contributed by atoms with E-state index in [1.54, 1.807) is 56.9 Å². The zero-order valence-electron chi connectivity index (χ0n) is 22.8. The topological polar surface area (TPSA) is 73.8 Å². The summed E-state index contributed by atoms with van der Waals surface area (Å²) in [7, 11) is 13.1. The number of methoxy groups -OCH3 is 8. The van der Waals surface area contributed by atoms with Crippen LogP contribution in [0.2, 0.25) is 0 Å². The Hall–Kier alpha value is -3.16. The third kappa shape index (κ3) is 5.41. The predicted molar refractivity (Wildman–Crippen MR) is 136 cm³/mol. The maximum atomic E-state index is 5.72. The van der Waals surface area contributed by atoms with Crippen LogP contribution in [0, 0.1) is 13.8 Å². The van der Waals surface area contributed by atoms with E-state index in [-0.39, 0.29) is 0 Å². The first-order valence-electron chi connectivity index (χ1n) is 11.6. The van der Waals surface area contributed by atoms with E-state index in [1.165, 1.54) is 0 Å². The van der Waals surface area contributed by atoms with Crippen molar-refractivity contribution in [3.05, 3.63) is 22.3 Å². The smallest absolute Gasteiger partial charge is 0.168 e. The number of hydrogen-bond acceptors (Lipinski definition) is 8. The molecule has 0 bridgehead atoms. The Morgan fingerprint density at radius 2 is 0.571 bits per heavy atom. The van der Waals surface area contributed by atoms with Crippen molar-refractivity contribution in [2.24, 2.45) is 0 Å². The number of rotatable bonds is 14. The summed E-state index contributed by atoms with van der Waals surface area (Å²) >= 11 is 0. The standard InChI is InChI=1S/C27H40O8/c1-16-20(28-3)24(32-7)18(25(33-8)21(16)29-4)14-12-11-13-15-19-26(34-9)22(30-5)17(2)23(31-6)27(19)35-10/h11-15H2,1-10H3. The van der Waals surface area contributed by atoms with E-state index in [4.69, 9.17) is 37.9 Å². The van der Waals surface area contributed by atoms with Crippen molar-refractivity contribution in [3.63, 3.8) is 0 Å². The van der Waals surface area contributed by atoms with Crippen LogP contribution in [-0.2, 0) is 12.8 Å². The zero-order chi connectivity index (χ0) is 26.1. The highest BCUT2D eigenvalue weighted by Gasteiger charge is 2.26. The van der Waals surface area contributed by atoms with Gasteiger partial charge in [-0.1, -0.05) is 6.42 Å². The molecule has 0 aromatic heterocycles.